The van der Waals surface area contributed by atoms with Crippen molar-refractivity contribution >= 4 is 17.6 Å². The number of esters is 1. The average Bonchev–Trinajstić information content (AvgIpc) is 2.25. The molecule has 2 N–H and O–H groups in total. The van der Waals surface area contributed by atoms with E-state index in [2.05, 4.69) is 5.32 Å². The van der Waals surface area contributed by atoms with Gasteiger partial charge in [0.05, 0.1) is 16.8 Å². The van der Waals surface area contributed by atoms with Crippen LogP contribution in [-0.2, 0) is 4.74 Å². The van der Waals surface area contributed by atoms with Gasteiger partial charge >= 0.3 is 11.9 Å². The summed E-state index contributed by atoms with van der Waals surface area (Å²) in [5, 5.41) is 11.9. The molecule has 1 aromatic carbocycles. The molecule has 0 amide bonds. The van der Waals surface area contributed by atoms with Crippen LogP contribution >= 0.6 is 0 Å². The van der Waals surface area contributed by atoms with E-state index in [-0.39, 0.29) is 5.56 Å². The standard InChI is InChI=1S/C14H19NO4/c1-8-9(12(16)17)6-7-10(11(8)15-5)13(18)19-14(2,3)4/h6-7,15H,1-5H3,(H,16,17). The Morgan fingerprint density at radius 3 is 2.16 bits per heavy atom. The van der Waals surface area contributed by atoms with Crippen molar-refractivity contribution in [1.82, 2.24) is 0 Å². The number of hydrogen-bond acceptors (Lipinski definition) is 4. The lowest BCUT2D eigenvalue weighted by molar-refractivity contribution is 0.00702. The smallest absolute Gasteiger partial charge is 0.340 e. The number of benzene rings is 1. The van der Waals surface area contributed by atoms with Gasteiger partial charge < -0.3 is 15.2 Å². The summed E-state index contributed by atoms with van der Waals surface area (Å²) in [5.41, 5.74) is 0.894. The Hall–Kier alpha value is -2.04. The summed E-state index contributed by atoms with van der Waals surface area (Å²) in [6.45, 7) is 7.00. The predicted octanol–water partition coefficient (Wildman–Crippen LogP) is 2.69. The van der Waals surface area contributed by atoms with Gasteiger partial charge in [0.2, 0.25) is 0 Å². The zero-order valence-corrected chi connectivity index (χ0v) is 11.8. The maximum Gasteiger partial charge on any atom is 0.340 e. The number of carboxylic acid groups (broad SMARTS) is 1. The van der Waals surface area contributed by atoms with Crippen molar-refractivity contribution in [3.8, 4) is 0 Å². The highest BCUT2D eigenvalue weighted by atomic mass is 16.6. The number of hydrogen-bond donors (Lipinski definition) is 2. The molecule has 5 nitrogen and oxygen atoms in total. The fraction of sp³-hybridized carbons (Fsp3) is 0.429. The van der Waals surface area contributed by atoms with Crippen LogP contribution in [0.2, 0.25) is 0 Å². The highest BCUT2D eigenvalue weighted by Crippen LogP contribution is 2.26. The van der Waals surface area contributed by atoms with Crippen LogP contribution in [0.15, 0.2) is 12.1 Å². The molecule has 0 unspecified atom stereocenters. The molecule has 0 saturated carbocycles. The molecule has 0 aromatic heterocycles. The van der Waals surface area contributed by atoms with Crippen LogP contribution in [0.3, 0.4) is 0 Å². The summed E-state index contributed by atoms with van der Waals surface area (Å²) in [6, 6.07) is 2.88. The molecule has 0 fully saturated rings. The van der Waals surface area contributed by atoms with Crippen molar-refractivity contribution in [1.29, 1.82) is 0 Å². The summed E-state index contributed by atoms with van der Waals surface area (Å²) in [6.07, 6.45) is 0. The molecular formula is C14H19NO4. The number of anilines is 1. The van der Waals surface area contributed by atoms with Gasteiger partial charge in [0.1, 0.15) is 5.60 Å². The number of carbonyl (C=O) groups is 2. The molecule has 1 aromatic rings. The number of ether oxygens (including phenoxy) is 1. The Bertz CT molecular complexity index is 515. The number of rotatable bonds is 3. The third kappa shape index (κ3) is 3.47. The van der Waals surface area contributed by atoms with Gasteiger partial charge in [-0.1, -0.05) is 0 Å². The van der Waals surface area contributed by atoms with Crippen molar-refractivity contribution in [3.63, 3.8) is 0 Å². The van der Waals surface area contributed by atoms with E-state index in [1.165, 1.54) is 12.1 Å². The van der Waals surface area contributed by atoms with Gasteiger partial charge in [-0.2, -0.15) is 0 Å². The van der Waals surface area contributed by atoms with Crippen LogP contribution in [0.5, 0.6) is 0 Å². The lowest BCUT2D eigenvalue weighted by Gasteiger charge is -2.21. The first kappa shape index (κ1) is 15.0. The molecule has 1 rings (SSSR count). The molecule has 0 radical (unpaired) electrons. The Morgan fingerprint density at radius 2 is 1.74 bits per heavy atom. The van der Waals surface area contributed by atoms with Gasteiger partial charge in [-0.25, -0.2) is 9.59 Å². The largest absolute Gasteiger partial charge is 0.478 e. The highest BCUT2D eigenvalue weighted by Gasteiger charge is 2.23. The summed E-state index contributed by atoms with van der Waals surface area (Å²) in [5.74, 6) is -1.50. The lowest BCUT2D eigenvalue weighted by atomic mass is 10.0. The molecule has 0 heterocycles. The molecule has 19 heavy (non-hydrogen) atoms. The molecule has 0 spiro atoms. The Balaban J connectivity index is 3.27. The van der Waals surface area contributed by atoms with Crippen LogP contribution in [0.4, 0.5) is 5.69 Å². The van der Waals surface area contributed by atoms with Gasteiger partial charge in [-0.05, 0) is 45.4 Å². The van der Waals surface area contributed by atoms with E-state index in [1.807, 2.05) is 0 Å². The van der Waals surface area contributed by atoms with E-state index >= 15 is 0 Å². The Kier molecular flexibility index (Phi) is 4.19. The molecule has 0 bridgehead atoms. The zero-order chi connectivity index (χ0) is 14.8. The summed E-state index contributed by atoms with van der Waals surface area (Å²) < 4.78 is 5.30. The first-order valence-electron chi connectivity index (χ1n) is 5.95. The van der Waals surface area contributed by atoms with Gasteiger partial charge in [0, 0.05) is 7.05 Å². The first-order chi connectivity index (χ1) is 8.67. The highest BCUT2D eigenvalue weighted by molar-refractivity contribution is 6.00. The van der Waals surface area contributed by atoms with Crippen LogP contribution in [0.25, 0.3) is 0 Å². The molecule has 0 atom stereocenters. The van der Waals surface area contributed by atoms with E-state index < -0.39 is 17.5 Å². The van der Waals surface area contributed by atoms with Crippen molar-refractivity contribution < 1.29 is 19.4 Å². The summed E-state index contributed by atoms with van der Waals surface area (Å²) in [4.78, 5) is 23.1. The van der Waals surface area contributed by atoms with Crippen LogP contribution < -0.4 is 5.32 Å². The van der Waals surface area contributed by atoms with E-state index in [0.29, 0.717) is 16.8 Å². The van der Waals surface area contributed by atoms with Crippen molar-refractivity contribution in [2.24, 2.45) is 0 Å². The van der Waals surface area contributed by atoms with Gasteiger partial charge in [0.15, 0.2) is 0 Å². The monoisotopic (exact) mass is 265 g/mol. The molecule has 0 aliphatic rings. The fourth-order valence-electron chi connectivity index (χ4n) is 1.77. The molecule has 5 heteroatoms. The zero-order valence-electron chi connectivity index (χ0n) is 11.8. The van der Waals surface area contributed by atoms with Gasteiger partial charge in [-0.15, -0.1) is 0 Å². The number of aromatic carboxylic acids is 1. The first-order valence-corrected chi connectivity index (χ1v) is 5.95. The van der Waals surface area contributed by atoms with Crippen molar-refractivity contribution in [3.05, 3.63) is 28.8 Å². The number of carbonyl (C=O) groups excluding carboxylic acids is 1. The SMILES string of the molecule is CNc1c(C(=O)OC(C)(C)C)ccc(C(=O)O)c1C. The van der Waals surface area contributed by atoms with Gasteiger partial charge in [-0.3, -0.25) is 0 Å². The van der Waals surface area contributed by atoms with Crippen molar-refractivity contribution in [2.75, 3.05) is 12.4 Å². The summed E-state index contributed by atoms with van der Waals surface area (Å²) >= 11 is 0. The van der Waals surface area contributed by atoms with Crippen LogP contribution in [0.1, 0.15) is 47.1 Å². The van der Waals surface area contributed by atoms with E-state index in [1.54, 1.807) is 34.7 Å². The average molecular weight is 265 g/mol. The Labute approximate surface area is 112 Å². The molecule has 0 saturated heterocycles. The quantitative estimate of drug-likeness (QED) is 0.822. The lowest BCUT2D eigenvalue weighted by Crippen LogP contribution is -2.24. The molecule has 0 aliphatic carbocycles. The third-order valence-corrected chi connectivity index (χ3v) is 2.56. The molecule has 104 valence electrons. The van der Waals surface area contributed by atoms with Crippen LogP contribution in [-0.4, -0.2) is 29.7 Å². The molecule has 0 aliphatic heterocycles. The second-order valence-corrected chi connectivity index (χ2v) is 5.22. The summed E-state index contributed by atoms with van der Waals surface area (Å²) in [7, 11) is 1.64. The predicted molar refractivity (Wildman–Crippen MR) is 72.9 cm³/mol. The van der Waals surface area contributed by atoms with Crippen molar-refractivity contribution in [2.45, 2.75) is 33.3 Å². The Morgan fingerprint density at radius 1 is 1.21 bits per heavy atom. The minimum atomic E-state index is -1.02. The topological polar surface area (TPSA) is 75.6 Å². The maximum absolute atomic E-state index is 12.1. The second-order valence-electron chi connectivity index (χ2n) is 5.22. The van der Waals surface area contributed by atoms with E-state index in [9.17, 15) is 9.59 Å². The maximum atomic E-state index is 12.1. The third-order valence-electron chi connectivity index (χ3n) is 2.56. The van der Waals surface area contributed by atoms with Crippen LogP contribution in [0, 0.1) is 6.92 Å². The minimum absolute atomic E-state index is 0.164. The molecular weight excluding hydrogens is 246 g/mol. The van der Waals surface area contributed by atoms with E-state index in [4.69, 9.17) is 9.84 Å². The minimum Gasteiger partial charge on any atom is -0.478 e. The second kappa shape index (κ2) is 5.30. The normalized spacial score (nSPS) is 11.0. The fourth-order valence-corrected chi connectivity index (χ4v) is 1.77. The van der Waals surface area contributed by atoms with Gasteiger partial charge in [0.25, 0.3) is 0 Å². The number of carboxylic acids is 1. The van der Waals surface area contributed by atoms with E-state index in [0.717, 1.165) is 0 Å². The number of nitrogens with one attached hydrogen (secondary N) is 1.